The van der Waals surface area contributed by atoms with Crippen LogP contribution in [0.3, 0.4) is 0 Å². The fourth-order valence-electron chi connectivity index (χ4n) is 0. The van der Waals surface area contributed by atoms with Crippen LogP contribution in [0.4, 0.5) is 0 Å². The Morgan fingerprint density at radius 3 is 1.44 bits per heavy atom. The molecule has 0 rings (SSSR count). The van der Waals surface area contributed by atoms with Crippen molar-refractivity contribution in [1.29, 1.82) is 0 Å². The fraction of sp³-hybridized carbons (Fsp3) is 0.500. The first-order chi connectivity index (χ1) is 3.46. The average Bonchev–Trinajstić information content (AvgIpc) is 1.25. The van der Waals surface area contributed by atoms with Gasteiger partial charge in [-0.25, -0.2) is 0 Å². The summed E-state index contributed by atoms with van der Waals surface area (Å²) in [4.78, 5) is 9.00. The van der Waals surface area contributed by atoms with Crippen LogP contribution in [0.1, 0.15) is 6.92 Å². The Labute approximate surface area is 68.1 Å². The summed E-state index contributed by atoms with van der Waals surface area (Å²) in [6.45, 7) is 1.08. The Morgan fingerprint density at radius 1 is 1.44 bits per heavy atom. The van der Waals surface area contributed by atoms with E-state index in [0.717, 1.165) is 6.92 Å². The van der Waals surface area contributed by atoms with Gasteiger partial charge >= 0.3 is 28.0 Å². The Kier molecular flexibility index (Phi) is 20.3. The third kappa shape index (κ3) is 1900. The summed E-state index contributed by atoms with van der Waals surface area (Å²) < 4.78 is 25.7. The summed E-state index contributed by atoms with van der Waals surface area (Å²) in [5.41, 5.74) is 0. The van der Waals surface area contributed by atoms with E-state index in [0.29, 0.717) is 0 Å². The van der Waals surface area contributed by atoms with E-state index >= 15 is 0 Å². The molecule has 0 aliphatic heterocycles. The summed E-state index contributed by atoms with van der Waals surface area (Å²) in [5, 5.41) is 7.42. The van der Waals surface area contributed by atoms with Gasteiger partial charge in [0.2, 0.25) is 0 Å². The number of hydrogen-bond acceptors (Lipinski definition) is 4. The first kappa shape index (κ1) is 16.2. The number of hydrogen-bond donors (Lipinski definition) is 1. The maximum absolute atomic E-state index is 9.00. The van der Waals surface area contributed by atoms with Gasteiger partial charge in [0.15, 0.2) is 0 Å². The topological polar surface area (TPSA) is 106 Å². The molecule has 0 spiro atoms. The van der Waals surface area contributed by atoms with E-state index in [-0.39, 0.29) is 17.1 Å². The molecule has 0 amide bonds. The maximum atomic E-state index is 9.00. The Bertz CT molecular complexity index is 59.2. The van der Waals surface area contributed by atoms with E-state index in [1.54, 1.807) is 0 Å². The molecule has 7 heteroatoms. The molecule has 9 heavy (non-hydrogen) atoms. The molecular weight excluding hydrogens is 242 g/mol. The zero-order valence-corrected chi connectivity index (χ0v) is 7.15. The predicted octanol–water partition coefficient (Wildman–Crippen LogP) is -3.86. The molecule has 0 aromatic rings. The second kappa shape index (κ2) is 11.3. The normalized spacial score (nSPS) is 6.78. The molecule has 0 saturated heterocycles. The van der Waals surface area contributed by atoms with Crippen molar-refractivity contribution in [3.05, 3.63) is 0 Å². The Balaban J connectivity index is -0.0000000720. The van der Waals surface area contributed by atoms with Crippen molar-refractivity contribution in [1.82, 2.24) is 0 Å². The van der Waals surface area contributed by atoms with E-state index in [9.17, 15) is 0 Å². The Morgan fingerprint density at radius 2 is 1.44 bits per heavy atom. The van der Waals surface area contributed by atoms with E-state index in [1.165, 1.54) is 0 Å². The molecule has 0 heterocycles. The summed E-state index contributed by atoms with van der Waals surface area (Å²) in [7, 11) is 0. The molecule has 1 radical (unpaired) electrons. The van der Waals surface area contributed by atoms with E-state index in [2.05, 4.69) is 0 Å². The van der Waals surface area contributed by atoms with Gasteiger partial charge in [0.1, 0.15) is 0 Å². The molecule has 0 unspecified atom stereocenters. The second-order valence-corrected chi connectivity index (χ2v) is 1.68. The van der Waals surface area contributed by atoms with Crippen LogP contribution < -0.4 is 12.3 Å². The minimum absolute atomic E-state index is 0. The van der Waals surface area contributed by atoms with Crippen LogP contribution in [0.25, 0.3) is 0 Å². The van der Waals surface area contributed by atoms with Crippen LogP contribution in [-0.4, -0.2) is 26.8 Å². The second-order valence-electron chi connectivity index (χ2n) is 0.743. The van der Waals surface area contributed by atoms with Gasteiger partial charge in [-0.15, -0.1) is 0 Å². The summed E-state index contributed by atoms with van der Waals surface area (Å²) >= 11 is -3.94. The van der Waals surface area contributed by atoms with Crippen molar-refractivity contribution in [2.45, 2.75) is 6.92 Å². The van der Waals surface area contributed by atoms with Gasteiger partial charge in [-0.05, 0) is 0 Å². The quantitative estimate of drug-likeness (QED) is 0.440. The van der Waals surface area contributed by atoms with Gasteiger partial charge in [-0.1, -0.05) is 0 Å². The van der Waals surface area contributed by atoms with E-state index < -0.39 is 21.6 Å². The van der Waals surface area contributed by atoms with Crippen molar-refractivity contribution >= 4 is 21.6 Å². The minimum atomic E-state index is -3.94. The molecule has 0 aromatic carbocycles. The van der Waals surface area contributed by atoms with Crippen LogP contribution in [-0.2, 0) is 21.9 Å². The molecule has 0 aromatic heterocycles. The molecule has 61 valence electrons. The van der Waals surface area contributed by atoms with Gasteiger partial charge < -0.3 is 5.11 Å². The van der Waals surface area contributed by atoms with Gasteiger partial charge in [-0.2, -0.15) is 0 Å². The van der Waals surface area contributed by atoms with Gasteiger partial charge in [0, 0.05) is 24.0 Å². The van der Waals surface area contributed by atoms with Crippen molar-refractivity contribution < 1.29 is 39.3 Å². The molecule has 0 atom stereocenters. The fourth-order valence-corrected chi connectivity index (χ4v) is 0. The summed E-state index contributed by atoms with van der Waals surface area (Å²) in [6, 6.07) is 0. The van der Waals surface area contributed by atoms with Crippen LogP contribution in [0.15, 0.2) is 0 Å². The van der Waals surface area contributed by atoms with Gasteiger partial charge in [0.25, 0.3) is 5.97 Å². The SMILES string of the molecule is CC(=O)O.[Cu].[O-][As]([O-])[O-]. The summed E-state index contributed by atoms with van der Waals surface area (Å²) in [5.74, 6) is -0.833. The van der Waals surface area contributed by atoms with Crippen molar-refractivity contribution in [2.24, 2.45) is 0 Å². The van der Waals surface area contributed by atoms with E-state index in [1.807, 2.05) is 0 Å². The van der Waals surface area contributed by atoms with Crippen molar-refractivity contribution in [3.8, 4) is 0 Å². The molecule has 0 saturated carbocycles. The zero-order chi connectivity index (χ0) is 7.15. The third-order valence-electron chi connectivity index (χ3n) is 0. The average molecular weight is 247 g/mol. The van der Waals surface area contributed by atoms with Gasteiger partial charge in [0.05, 0.1) is 0 Å². The molecule has 0 bridgehead atoms. The number of carboxylic acids is 1. The van der Waals surface area contributed by atoms with Crippen LogP contribution in [0.5, 0.6) is 0 Å². The molecule has 0 fully saturated rings. The number of aliphatic carboxylic acids is 1. The standard InChI is InChI=1S/C2H4O2.AsO3.Cu/c1-2(3)4;2-1(3)4;/h1H3,(H,3,4);;/q;-3;. The zero-order valence-electron chi connectivity index (χ0n) is 4.33. The molecule has 1 N–H and O–H groups in total. The monoisotopic (exact) mass is 246 g/mol. The van der Waals surface area contributed by atoms with E-state index in [4.69, 9.17) is 22.2 Å². The van der Waals surface area contributed by atoms with Crippen molar-refractivity contribution in [2.75, 3.05) is 0 Å². The van der Waals surface area contributed by atoms with Crippen LogP contribution in [0, 0.1) is 0 Å². The molecule has 5 nitrogen and oxygen atoms in total. The number of rotatable bonds is 0. The Hall–Kier alpha value is 0.428. The molecule has 0 aliphatic carbocycles. The molecular formula is C2H4AsCuO5-3. The first-order valence-corrected chi connectivity index (χ1v) is 3.77. The van der Waals surface area contributed by atoms with Crippen molar-refractivity contribution in [3.63, 3.8) is 0 Å². The number of carboxylic acid groups (broad SMARTS) is 1. The number of carbonyl (C=O) groups is 1. The van der Waals surface area contributed by atoms with Crippen LogP contribution in [0.2, 0.25) is 0 Å². The predicted molar refractivity (Wildman–Crippen MR) is 19.1 cm³/mol. The molecule has 0 aliphatic rings. The third-order valence-corrected chi connectivity index (χ3v) is 0. The van der Waals surface area contributed by atoms with Gasteiger partial charge in [-0.3, -0.25) is 4.79 Å². The summed E-state index contributed by atoms with van der Waals surface area (Å²) in [6.07, 6.45) is 0. The first-order valence-electron chi connectivity index (χ1n) is 1.48. The van der Waals surface area contributed by atoms with Crippen LogP contribution >= 0.6 is 0 Å².